The second kappa shape index (κ2) is 3.66. The average Bonchev–Trinajstić information content (AvgIpc) is 1.58. The molecule has 3 N–H and O–H groups in total. The van der Waals surface area contributed by atoms with Gasteiger partial charge in [0.2, 0.25) is 5.91 Å². The van der Waals surface area contributed by atoms with Gasteiger partial charge in [0.15, 0.2) is 5.78 Å². The minimum atomic E-state index is -0.282. The summed E-state index contributed by atoms with van der Waals surface area (Å²) in [4.78, 5) is 20.6. The maximum atomic E-state index is 10.3. The molecule has 0 aliphatic rings. The summed E-state index contributed by atoms with van der Waals surface area (Å²) >= 11 is 0. The zero-order valence-electron chi connectivity index (χ0n) is 5.97. The normalized spacial score (nSPS) is 10.8. The van der Waals surface area contributed by atoms with Crippen molar-refractivity contribution in [1.82, 2.24) is 5.32 Å². The number of amides is 1. The Balaban J connectivity index is 3.95. The first-order valence-corrected chi connectivity index (χ1v) is 2.77. The van der Waals surface area contributed by atoms with Gasteiger partial charge in [-0.05, 0) is 6.92 Å². The number of nitrogens with two attached hydrogens (primary N) is 1. The highest BCUT2D eigenvalue weighted by atomic mass is 16.1. The number of allylic oxidation sites excluding steroid dienone is 1. The predicted octanol–water partition coefficient (Wildman–Crippen LogP) is -0.488. The lowest BCUT2D eigenvalue weighted by molar-refractivity contribution is -0.118. The van der Waals surface area contributed by atoms with Crippen LogP contribution in [-0.2, 0) is 9.59 Å². The molecule has 0 aliphatic carbocycles. The van der Waals surface area contributed by atoms with E-state index in [-0.39, 0.29) is 17.5 Å². The number of ketones is 1. The highest BCUT2D eigenvalue weighted by Gasteiger charge is 1.93. The van der Waals surface area contributed by atoms with Crippen molar-refractivity contribution >= 4 is 11.7 Å². The summed E-state index contributed by atoms with van der Waals surface area (Å²) < 4.78 is 0. The Hall–Kier alpha value is -1.32. The molecule has 0 spiro atoms. The van der Waals surface area contributed by atoms with Gasteiger partial charge >= 0.3 is 0 Å². The predicted molar refractivity (Wildman–Crippen MR) is 36.8 cm³/mol. The van der Waals surface area contributed by atoms with Gasteiger partial charge < -0.3 is 11.1 Å². The van der Waals surface area contributed by atoms with Crippen molar-refractivity contribution in [2.24, 2.45) is 5.73 Å². The molecule has 0 unspecified atom stereocenters. The fourth-order valence-corrected chi connectivity index (χ4v) is 0.458. The molecule has 0 heterocycles. The highest BCUT2D eigenvalue weighted by Crippen LogP contribution is 1.78. The lowest BCUT2D eigenvalue weighted by Gasteiger charge is -1.97. The topological polar surface area (TPSA) is 72.2 Å². The molecular weight excluding hydrogens is 132 g/mol. The van der Waals surface area contributed by atoms with E-state index in [0.29, 0.717) is 0 Å². The van der Waals surface area contributed by atoms with Gasteiger partial charge in [-0.25, -0.2) is 0 Å². The number of carbonyl (C=O) groups is 2. The van der Waals surface area contributed by atoms with Crippen LogP contribution in [0.4, 0.5) is 0 Å². The van der Waals surface area contributed by atoms with E-state index in [9.17, 15) is 9.59 Å². The lowest BCUT2D eigenvalue weighted by Crippen LogP contribution is -2.25. The molecule has 0 saturated heterocycles. The Morgan fingerprint density at radius 1 is 1.40 bits per heavy atom. The molecule has 0 aromatic carbocycles. The molecule has 4 nitrogen and oxygen atoms in total. The van der Waals surface area contributed by atoms with E-state index in [1.165, 1.54) is 13.8 Å². The molecule has 0 radical (unpaired) electrons. The van der Waals surface area contributed by atoms with Gasteiger partial charge in [-0.1, -0.05) is 0 Å². The average molecular weight is 142 g/mol. The third kappa shape index (κ3) is 4.83. The minimum Gasteiger partial charge on any atom is -0.385 e. The van der Waals surface area contributed by atoms with Gasteiger partial charge in [-0.3, -0.25) is 9.59 Å². The smallest absolute Gasteiger partial charge is 0.222 e. The van der Waals surface area contributed by atoms with E-state index < -0.39 is 0 Å². The van der Waals surface area contributed by atoms with E-state index >= 15 is 0 Å². The molecule has 0 aliphatic heterocycles. The number of nitrogens with one attached hydrogen (secondary N) is 1. The standard InChI is InChI=1S/C6H10N2O2/c1-4(9)3-6(7)8-5(2)10/h3H,7H2,1-2H3,(H,8,10). The number of rotatable bonds is 2. The quantitative estimate of drug-likeness (QED) is 0.511. The second-order valence-electron chi connectivity index (χ2n) is 1.89. The number of hydrogen-bond donors (Lipinski definition) is 2. The number of hydrogen-bond acceptors (Lipinski definition) is 3. The molecule has 0 aromatic rings. The van der Waals surface area contributed by atoms with E-state index in [0.717, 1.165) is 6.08 Å². The minimum absolute atomic E-state index is 0.0833. The molecule has 0 fully saturated rings. The summed E-state index contributed by atoms with van der Waals surface area (Å²) in [5.41, 5.74) is 5.18. The largest absolute Gasteiger partial charge is 0.385 e. The van der Waals surface area contributed by atoms with Crippen LogP contribution in [0.2, 0.25) is 0 Å². The van der Waals surface area contributed by atoms with Gasteiger partial charge in [0.05, 0.1) is 0 Å². The molecule has 56 valence electrons. The first-order valence-electron chi connectivity index (χ1n) is 2.77. The van der Waals surface area contributed by atoms with Crippen molar-refractivity contribution in [3.05, 3.63) is 11.9 Å². The summed E-state index contributed by atoms with van der Waals surface area (Å²) in [6, 6.07) is 0. The van der Waals surface area contributed by atoms with Crippen molar-refractivity contribution in [1.29, 1.82) is 0 Å². The molecule has 0 aromatic heterocycles. The monoisotopic (exact) mass is 142 g/mol. The van der Waals surface area contributed by atoms with Crippen molar-refractivity contribution < 1.29 is 9.59 Å². The highest BCUT2D eigenvalue weighted by molar-refractivity contribution is 5.88. The van der Waals surface area contributed by atoms with E-state index in [4.69, 9.17) is 5.73 Å². The summed E-state index contributed by atoms with van der Waals surface area (Å²) in [5.74, 6) is -0.388. The third-order valence-corrected chi connectivity index (χ3v) is 0.679. The summed E-state index contributed by atoms with van der Waals surface area (Å²) in [6.45, 7) is 2.68. The zero-order chi connectivity index (χ0) is 8.15. The van der Waals surface area contributed by atoms with Crippen LogP contribution in [0.3, 0.4) is 0 Å². The third-order valence-electron chi connectivity index (χ3n) is 0.679. The molecule has 0 atom stereocenters. The lowest BCUT2D eigenvalue weighted by atomic mass is 10.4. The van der Waals surface area contributed by atoms with Gasteiger partial charge in [0.1, 0.15) is 5.82 Å². The van der Waals surface area contributed by atoms with Crippen LogP contribution in [0.1, 0.15) is 13.8 Å². The van der Waals surface area contributed by atoms with Crippen LogP contribution in [0.25, 0.3) is 0 Å². The van der Waals surface area contributed by atoms with Crippen LogP contribution in [0.5, 0.6) is 0 Å². The molecule has 10 heavy (non-hydrogen) atoms. The second-order valence-corrected chi connectivity index (χ2v) is 1.89. The fraction of sp³-hybridized carbons (Fsp3) is 0.333. The van der Waals surface area contributed by atoms with E-state index in [1.807, 2.05) is 0 Å². The maximum absolute atomic E-state index is 10.3. The van der Waals surface area contributed by atoms with Crippen molar-refractivity contribution in [2.75, 3.05) is 0 Å². The zero-order valence-corrected chi connectivity index (χ0v) is 5.97. The maximum Gasteiger partial charge on any atom is 0.222 e. The molecule has 4 heteroatoms. The van der Waals surface area contributed by atoms with E-state index in [1.54, 1.807) is 0 Å². The Labute approximate surface area is 59.1 Å². The summed E-state index contributed by atoms with van der Waals surface area (Å²) in [7, 11) is 0. The Kier molecular flexibility index (Phi) is 3.17. The Morgan fingerprint density at radius 3 is 2.20 bits per heavy atom. The summed E-state index contributed by atoms with van der Waals surface area (Å²) in [6.07, 6.45) is 1.15. The van der Waals surface area contributed by atoms with Gasteiger partial charge in [0, 0.05) is 13.0 Å². The fourth-order valence-electron chi connectivity index (χ4n) is 0.458. The molecule has 0 rings (SSSR count). The molecule has 0 bridgehead atoms. The van der Waals surface area contributed by atoms with Crippen LogP contribution >= 0.6 is 0 Å². The van der Waals surface area contributed by atoms with Crippen LogP contribution in [0.15, 0.2) is 11.9 Å². The molecule has 0 saturated carbocycles. The van der Waals surface area contributed by atoms with Gasteiger partial charge in [0.25, 0.3) is 0 Å². The molecule has 1 amide bonds. The summed E-state index contributed by atoms with van der Waals surface area (Å²) in [5, 5.41) is 2.25. The van der Waals surface area contributed by atoms with E-state index in [2.05, 4.69) is 5.32 Å². The molecular formula is C6H10N2O2. The number of carbonyl (C=O) groups excluding carboxylic acids is 2. The first-order chi connectivity index (χ1) is 4.52. The van der Waals surface area contributed by atoms with Crippen molar-refractivity contribution in [3.8, 4) is 0 Å². The van der Waals surface area contributed by atoms with Crippen molar-refractivity contribution in [2.45, 2.75) is 13.8 Å². The first kappa shape index (κ1) is 8.68. The Morgan fingerprint density at radius 2 is 1.90 bits per heavy atom. The van der Waals surface area contributed by atoms with Crippen LogP contribution in [-0.4, -0.2) is 11.7 Å². The van der Waals surface area contributed by atoms with Crippen molar-refractivity contribution in [3.63, 3.8) is 0 Å². The van der Waals surface area contributed by atoms with Gasteiger partial charge in [-0.2, -0.15) is 0 Å². The van der Waals surface area contributed by atoms with Gasteiger partial charge in [-0.15, -0.1) is 0 Å². The SMILES string of the molecule is CC(=O)C=C(N)NC(C)=O. The van der Waals surface area contributed by atoms with Crippen LogP contribution < -0.4 is 11.1 Å². The van der Waals surface area contributed by atoms with Crippen LogP contribution in [0, 0.1) is 0 Å². The Bertz CT molecular complexity index is 184.